The number of ether oxygens (including phenoxy) is 3. The Hall–Kier alpha value is -1.59. The van der Waals surface area contributed by atoms with Crippen LogP contribution in [0.25, 0.3) is 0 Å². The molecule has 6 heteroatoms. The monoisotopic (exact) mass is 807 g/mol. The van der Waals surface area contributed by atoms with E-state index in [-0.39, 0.29) is 31.1 Å². The van der Waals surface area contributed by atoms with Gasteiger partial charge in [-0.25, -0.2) is 0 Å². The van der Waals surface area contributed by atoms with Gasteiger partial charge in [0.1, 0.15) is 13.2 Å². The molecule has 0 radical (unpaired) electrons. The maximum Gasteiger partial charge on any atom is 0.306 e. The molecule has 0 rings (SSSR count). The summed E-state index contributed by atoms with van der Waals surface area (Å²) in [6.07, 6.45) is 49.4. The molecule has 0 N–H and O–H groups in total. The summed E-state index contributed by atoms with van der Waals surface area (Å²) in [4.78, 5) is 37.9. The first kappa shape index (κ1) is 55.4. The predicted octanol–water partition coefficient (Wildman–Crippen LogP) is 16.4. The summed E-state index contributed by atoms with van der Waals surface area (Å²) in [5, 5.41) is 0. The quantitative estimate of drug-likeness (QED) is 0.0346. The molecule has 0 aliphatic carbocycles. The SMILES string of the molecule is CCCCCCCCCCCCCCCCCC(=O)O[C@@H](COC(=O)CCCCCCCCCCCC)COC(=O)CCCCCCCCCCCCCCCC. The van der Waals surface area contributed by atoms with Crippen molar-refractivity contribution in [3.05, 3.63) is 0 Å². The highest BCUT2D eigenvalue weighted by Crippen LogP contribution is 2.17. The third kappa shape index (κ3) is 45.3. The summed E-state index contributed by atoms with van der Waals surface area (Å²) < 4.78 is 16.8. The summed E-state index contributed by atoms with van der Waals surface area (Å²) >= 11 is 0. The van der Waals surface area contributed by atoms with Crippen LogP contribution in [0, 0.1) is 0 Å². The summed E-state index contributed by atoms with van der Waals surface area (Å²) in [7, 11) is 0. The van der Waals surface area contributed by atoms with E-state index in [1.54, 1.807) is 0 Å². The molecule has 0 aliphatic rings. The third-order valence-corrected chi connectivity index (χ3v) is 11.6. The lowest BCUT2D eigenvalue weighted by Gasteiger charge is -2.18. The smallest absolute Gasteiger partial charge is 0.306 e. The van der Waals surface area contributed by atoms with E-state index in [9.17, 15) is 14.4 Å². The molecule has 0 spiro atoms. The number of carbonyl (C=O) groups is 3. The Kier molecular flexibility index (Phi) is 45.8. The summed E-state index contributed by atoms with van der Waals surface area (Å²) in [5.74, 6) is -0.843. The van der Waals surface area contributed by atoms with Crippen molar-refractivity contribution in [1.29, 1.82) is 0 Å². The molecule has 0 aliphatic heterocycles. The van der Waals surface area contributed by atoms with Crippen LogP contribution in [0.3, 0.4) is 0 Å². The standard InChI is InChI=1S/C51H98O6/c1-4-7-10-13-16-19-22-24-26-28-30-33-36-39-42-45-51(54)57-48(46-55-49(52)43-40-37-34-31-21-18-15-12-9-6-3)47-56-50(53)44-41-38-35-32-29-27-25-23-20-17-14-11-8-5-2/h48H,4-47H2,1-3H3/t48-/m0/s1. The fourth-order valence-electron chi connectivity index (χ4n) is 7.74. The van der Waals surface area contributed by atoms with Crippen molar-refractivity contribution in [3.8, 4) is 0 Å². The van der Waals surface area contributed by atoms with Crippen LogP contribution in [0.5, 0.6) is 0 Å². The number of carbonyl (C=O) groups excluding carboxylic acids is 3. The molecule has 0 amide bonds. The highest BCUT2D eigenvalue weighted by Gasteiger charge is 2.19. The van der Waals surface area contributed by atoms with Gasteiger partial charge in [0.2, 0.25) is 0 Å². The lowest BCUT2D eigenvalue weighted by molar-refractivity contribution is -0.167. The third-order valence-electron chi connectivity index (χ3n) is 11.6. The van der Waals surface area contributed by atoms with Gasteiger partial charge < -0.3 is 14.2 Å². The first-order valence-corrected chi connectivity index (χ1v) is 25.5. The van der Waals surface area contributed by atoms with Gasteiger partial charge in [-0.3, -0.25) is 14.4 Å². The molecule has 0 aromatic carbocycles. The van der Waals surface area contributed by atoms with E-state index in [0.29, 0.717) is 19.3 Å². The second-order valence-corrected chi connectivity index (χ2v) is 17.5. The van der Waals surface area contributed by atoms with Crippen molar-refractivity contribution in [3.63, 3.8) is 0 Å². The molecule has 338 valence electrons. The van der Waals surface area contributed by atoms with E-state index in [0.717, 1.165) is 57.8 Å². The molecular formula is C51H98O6. The van der Waals surface area contributed by atoms with Crippen LogP contribution >= 0.6 is 0 Å². The number of unbranched alkanes of at least 4 members (excludes halogenated alkanes) is 36. The first-order valence-electron chi connectivity index (χ1n) is 25.5. The molecule has 0 bridgehead atoms. The maximum absolute atomic E-state index is 12.8. The maximum atomic E-state index is 12.8. The van der Waals surface area contributed by atoms with E-state index >= 15 is 0 Å². The zero-order chi connectivity index (χ0) is 41.5. The summed E-state index contributed by atoms with van der Waals surface area (Å²) in [6.45, 7) is 6.67. The largest absolute Gasteiger partial charge is 0.462 e. The Bertz CT molecular complexity index is 844. The van der Waals surface area contributed by atoms with Gasteiger partial charge in [-0.05, 0) is 19.3 Å². The number of hydrogen-bond donors (Lipinski definition) is 0. The fourth-order valence-corrected chi connectivity index (χ4v) is 7.74. The minimum absolute atomic E-state index is 0.0619. The normalized spacial score (nSPS) is 11.8. The lowest BCUT2D eigenvalue weighted by Crippen LogP contribution is -2.30. The molecule has 57 heavy (non-hydrogen) atoms. The van der Waals surface area contributed by atoms with Gasteiger partial charge in [0.25, 0.3) is 0 Å². The average molecular weight is 807 g/mol. The van der Waals surface area contributed by atoms with Gasteiger partial charge in [0, 0.05) is 19.3 Å². The topological polar surface area (TPSA) is 78.9 Å². The van der Waals surface area contributed by atoms with Gasteiger partial charge in [0.15, 0.2) is 6.10 Å². The fraction of sp³-hybridized carbons (Fsp3) is 0.941. The van der Waals surface area contributed by atoms with Gasteiger partial charge in [-0.2, -0.15) is 0 Å². The molecule has 0 unspecified atom stereocenters. The van der Waals surface area contributed by atoms with Crippen LogP contribution in [0.1, 0.15) is 290 Å². The van der Waals surface area contributed by atoms with Crippen molar-refractivity contribution in [2.75, 3.05) is 13.2 Å². The van der Waals surface area contributed by atoms with E-state index in [4.69, 9.17) is 14.2 Å². The van der Waals surface area contributed by atoms with Crippen molar-refractivity contribution in [2.45, 2.75) is 297 Å². The number of hydrogen-bond acceptors (Lipinski definition) is 6. The van der Waals surface area contributed by atoms with Crippen LogP contribution in [0.15, 0.2) is 0 Å². The van der Waals surface area contributed by atoms with Crippen LogP contribution in [-0.4, -0.2) is 37.2 Å². The second kappa shape index (κ2) is 47.1. The Morgan fingerprint density at radius 1 is 0.281 bits per heavy atom. The van der Waals surface area contributed by atoms with E-state index < -0.39 is 6.10 Å². The zero-order valence-electron chi connectivity index (χ0n) is 38.6. The van der Waals surface area contributed by atoms with Crippen molar-refractivity contribution >= 4 is 17.9 Å². The van der Waals surface area contributed by atoms with Crippen molar-refractivity contribution in [2.24, 2.45) is 0 Å². The molecule has 6 nitrogen and oxygen atoms in total. The molecular weight excluding hydrogens is 709 g/mol. The molecule has 1 atom stereocenters. The van der Waals surface area contributed by atoms with E-state index in [1.807, 2.05) is 0 Å². The summed E-state index contributed by atoms with van der Waals surface area (Å²) in [5.41, 5.74) is 0. The average Bonchev–Trinajstić information content (AvgIpc) is 3.21. The molecule has 0 aromatic heterocycles. The van der Waals surface area contributed by atoms with Crippen molar-refractivity contribution in [1.82, 2.24) is 0 Å². The van der Waals surface area contributed by atoms with Crippen LogP contribution in [0.4, 0.5) is 0 Å². The van der Waals surface area contributed by atoms with Gasteiger partial charge in [-0.1, -0.05) is 252 Å². The van der Waals surface area contributed by atoms with E-state index in [1.165, 1.54) is 193 Å². The minimum atomic E-state index is -0.759. The van der Waals surface area contributed by atoms with Gasteiger partial charge in [-0.15, -0.1) is 0 Å². The van der Waals surface area contributed by atoms with E-state index in [2.05, 4.69) is 20.8 Å². The van der Waals surface area contributed by atoms with Gasteiger partial charge in [0.05, 0.1) is 0 Å². The molecule has 0 aromatic rings. The Morgan fingerprint density at radius 2 is 0.474 bits per heavy atom. The lowest BCUT2D eigenvalue weighted by atomic mass is 10.0. The van der Waals surface area contributed by atoms with Crippen LogP contribution < -0.4 is 0 Å². The Balaban J connectivity index is 4.29. The second-order valence-electron chi connectivity index (χ2n) is 17.5. The number of rotatable bonds is 47. The predicted molar refractivity (Wildman–Crippen MR) is 243 cm³/mol. The highest BCUT2D eigenvalue weighted by molar-refractivity contribution is 5.71. The highest BCUT2D eigenvalue weighted by atomic mass is 16.6. The number of esters is 3. The Morgan fingerprint density at radius 3 is 0.702 bits per heavy atom. The van der Waals surface area contributed by atoms with Crippen LogP contribution in [0.2, 0.25) is 0 Å². The summed E-state index contributed by atoms with van der Waals surface area (Å²) in [6, 6.07) is 0. The zero-order valence-corrected chi connectivity index (χ0v) is 38.6. The Labute approximate surface area is 355 Å². The van der Waals surface area contributed by atoms with Gasteiger partial charge >= 0.3 is 17.9 Å². The molecule has 0 saturated carbocycles. The van der Waals surface area contributed by atoms with Crippen LogP contribution in [-0.2, 0) is 28.6 Å². The van der Waals surface area contributed by atoms with Crippen molar-refractivity contribution < 1.29 is 28.6 Å². The molecule has 0 saturated heterocycles. The minimum Gasteiger partial charge on any atom is -0.462 e. The molecule has 0 heterocycles. The first-order chi connectivity index (χ1) is 28.0. The molecule has 0 fully saturated rings.